The van der Waals surface area contributed by atoms with Gasteiger partial charge in [0.25, 0.3) is 0 Å². The molecule has 0 unspecified atom stereocenters. The molecule has 4 N–H and O–H groups in total. The summed E-state index contributed by atoms with van der Waals surface area (Å²) in [7, 11) is 0. The van der Waals surface area contributed by atoms with Gasteiger partial charge in [0.1, 0.15) is 17.9 Å². The number of aliphatic imine (C=N–C) groups is 2. The number of benzene rings is 2. The highest BCUT2D eigenvalue weighted by molar-refractivity contribution is 6.37. The van der Waals surface area contributed by atoms with Gasteiger partial charge in [0.2, 0.25) is 0 Å². The summed E-state index contributed by atoms with van der Waals surface area (Å²) in [4.78, 5) is 8.17. The van der Waals surface area contributed by atoms with Crippen molar-refractivity contribution in [3.05, 3.63) is 63.8 Å². The second-order valence-electron chi connectivity index (χ2n) is 6.47. The molecule has 0 fully saturated rings. The van der Waals surface area contributed by atoms with Crippen LogP contribution >= 0.6 is 23.2 Å². The molecule has 0 radical (unpaired) electrons. The van der Waals surface area contributed by atoms with Crippen molar-refractivity contribution in [2.45, 2.75) is 32.7 Å². The highest BCUT2D eigenvalue weighted by Gasteiger charge is 2.31. The average molecular weight is 489 g/mol. The van der Waals surface area contributed by atoms with Crippen LogP contribution in [0.5, 0.6) is 11.5 Å². The molecule has 0 aliphatic carbocycles. The van der Waals surface area contributed by atoms with Crippen molar-refractivity contribution in [1.82, 2.24) is 5.32 Å². The molecule has 0 aliphatic heterocycles. The van der Waals surface area contributed by atoms with Crippen LogP contribution in [-0.2, 0) is 6.54 Å². The van der Waals surface area contributed by atoms with Crippen LogP contribution in [0.3, 0.4) is 0 Å². The molecular formula is C21H21Cl2F3N4O2. The Hall–Kier alpha value is -2.91. The quantitative estimate of drug-likeness (QED) is 0.294. The van der Waals surface area contributed by atoms with E-state index in [2.05, 4.69) is 20.0 Å². The van der Waals surface area contributed by atoms with Crippen LogP contribution < -0.4 is 15.8 Å². The van der Waals surface area contributed by atoms with E-state index in [0.29, 0.717) is 23.4 Å². The molecule has 0 spiro atoms. The summed E-state index contributed by atoms with van der Waals surface area (Å²) in [6.07, 6.45) is -0.173. The Labute approximate surface area is 193 Å². The molecule has 32 heavy (non-hydrogen) atoms. The van der Waals surface area contributed by atoms with Crippen LogP contribution in [0.4, 0.5) is 18.9 Å². The fraction of sp³-hybridized carbons (Fsp3) is 0.238. The summed E-state index contributed by atoms with van der Waals surface area (Å²) < 4.78 is 41.2. The Morgan fingerprint density at radius 2 is 1.91 bits per heavy atom. The molecule has 0 saturated carbocycles. The zero-order valence-corrected chi connectivity index (χ0v) is 18.5. The van der Waals surface area contributed by atoms with Crippen LogP contribution in [0, 0.1) is 0 Å². The number of hydrogen-bond acceptors (Lipinski definition) is 4. The maximum absolute atomic E-state index is 12.4. The Bertz CT molecular complexity index is 1000. The first-order valence-electron chi connectivity index (χ1n) is 9.42. The van der Waals surface area contributed by atoms with Crippen LogP contribution in [0.1, 0.15) is 25.3 Å². The maximum atomic E-state index is 12.4. The highest BCUT2D eigenvalue weighted by atomic mass is 35.5. The number of nitrogens with zero attached hydrogens (tertiary/aromatic N) is 2. The van der Waals surface area contributed by atoms with Gasteiger partial charge >= 0.3 is 6.36 Å². The first-order valence-corrected chi connectivity index (χ1v) is 10.2. The average Bonchev–Trinajstić information content (AvgIpc) is 2.71. The number of unbranched alkanes of at least 4 members (excludes halogenated alkanes) is 1. The van der Waals surface area contributed by atoms with Crippen LogP contribution in [-0.4, -0.2) is 23.6 Å². The zero-order valence-electron chi connectivity index (χ0n) is 17.0. The number of rotatable bonds is 9. The van der Waals surface area contributed by atoms with Gasteiger partial charge in [-0.05, 0) is 36.2 Å². The van der Waals surface area contributed by atoms with Crippen LogP contribution in [0.25, 0.3) is 0 Å². The van der Waals surface area contributed by atoms with E-state index in [9.17, 15) is 18.3 Å². The Morgan fingerprint density at radius 1 is 1.22 bits per heavy atom. The van der Waals surface area contributed by atoms with Gasteiger partial charge in [-0.25, -0.2) is 9.98 Å². The monoisotopic (exact) mass is 488 g/mol. The number of nitrogens with one attached hydrogen (secondary N) is 1. The number of phenolic OH excluding ortho intramolecular Hbond substituents is 1. The molecule has 6 nitrogen and oxygen atoms in total. The summed E-state index contributed by atoms with van der Waals surface area (Å²) in [5.41, 5.74) is 7.47. The smallest absolute Gasteiger partial charge is 0.505 e. The van der Waals surface area contributed by atoms with Crippen molar-refractivity contribution >= 4 is 41.1 Å². The summed E-state index contributed by atoms with van der Waals surface area (Å²) >= 11 is 11.7. The summed E-state index contributed by atoms with van der Waals surface area (Å²) in [5.74, 6) is -0.425. The van der Waals surface area contributed by atoms with Gasteiger partial charge in [0, 0.05) is 6.54 Å². The predicted molar refractivity (Wildman–Crippen MR) is 121 cm³/mol. The van der Waals surface area contributed by atoms with E-state index in [1.54, 1.807) is 6.07 Å². The van der Waals surface area contributed by atoms with Gasteiger partial charge in [-0.3, -0.25) is 0 Å². The van der Waals surface area contributed by atoms with E-state index >= 15 is 0 Å². The van der Waals surface area contributed by atoms with Crippen molar-refractivity contribution in [3.8, 4) is 11.5 Å². The normalized spacial score (nSPS) is 12.9. The molecular weight excluding hydrogens is 468 g/mol. The standard InChI is InChI=1S/C21H21Cl2F3N4O2/c1-2-3-7-18(28-11-13-5-4-6-15(8-13)32-21(24,25)26)20(27)30-12-29-14-9-16(22)19(31)17(23)10-14/h4-10,12,28,31H,2-3,11H2,1H3,(H2,27,29,30). The topological polar surface area (TPSA) is 92.2 Å². The minimum Gasteiger partial charge on any atom is -0.505 e. The zero-order chi connectivity index (χ0) is 23.7. The van der Waals surface area contributed by atoms with E-state index in [4.69, 9.17) is 28.9 Å². The molecule has 0 heterocycles. The van der Waals surface area contributed by atoms with Gasteiger partial charge in [-0.1, -0.05) is 54.8 Å². The lowest BCUT2D eigenvalue weighted by atomic mass is 10.2. The van der Waals surface area contributed by atoms with Crippen molar-refractivity contribution in [2.24, 2.45) is 15.7 Å². The van der Waals surface area contributed by atoms with Gasteiger partial charge in [-0.15, -0.1) is 13.2 Å². The van der Waals surface area contributed by atoms with Gasteiger partial charge in [0.15, 0.2) is 5.75 Å². The Morgan fingerprint density at radius 3 is 2.53 bits per heavy atom. The molecule has 0 atom stereocenters. The first-order chi connectivity index (χ1) is 15.1. The summed E-state index contributed by atoms with van der Waals surface area (Å²) in [6.45, 7) is 2.18. The van der Waals surface area contributed by atoms with Crippen molar-refractivity contribution in [3.63, 3.8) is 0 Å². The van der Waals surface area contributed by atoms with Gasteiger partial charge in [0.05, 0.1) is 21.4 Å². The van der Waals surface area contributed by atoms with Gasteiger partial charge in [-0.2, -0.15) is 0 Å². The van der Waals surface area contributed by atoms with Crippen LogP contribution in [0.15, 0.2) is 58.2 Å². The van der Waals surface area contributed by atoms with Crippen molar-refractivity contribution in [2.75, 3.05) is 0 Å². The Balaban J connectivity index is 2.12. The van der Waals surface area contributed by atoms with E-state index in [1.165, 1.54) is 36.7 Å². The minimum absolute atomic E-state index is 0.0449. The number of halogens is 5. The molecule has 2 aromatic rings. The van der Waals surface area contributed by atoms with Crippen molar-refractivity contribution < 1.29 is 23.0 Å². The number of alkyl halides is 3. The lowest BCUT2D eigenvalue weighted by Gasteiger charge is -2.13. The molecule has 11 heteroatoms. The number of ether oxygens (including phenoxy) is 1. The molecule has 0 aliphatic rings. The maximum Gasteiger partial charge on any atom is 0.573 e. The lowest BCUT2D eigenvalue weighted by molar-refractivity contribution is -0.274. The molecule has 0 amide bonds. The second-order valence-corrected chi connectivity index (χ2v) is 7.29. The minimum atomic E-state index is -4.76. The molecule has 0 aromatic heterocycles. The SMILES string of the molecule is CCCC=C(NCc1cccc(OC(F)(F)F)c1)C(N)=NC=Nc1cc(Cl)c(O)c(Cl)c1. The third-order valence-electron chi connectivity index (χ3n) is 3.93. The van der Waals surface area contributed by atoms with Gasteiger partial charge < -0.3 is 20.9 Å². The lowest BCUT2D eigenvalue weighted by Crippen LogP contribution is -2.26. The first kappa shape index (κ1) is 25.4. The number of allylic oxidation sites excluding steroid dienone is 1. The number of aromatic hydroxyl groups is 1. The number of hydrogen-bond donors (Lipinski definition) is 3. The van der Waals surface area contributed by atoms with E-state index in [-0.39, 0.29) is 33.9 Å². The predicted octanol–water partition coefficient (Wildman–Crippen LogP) is 6.09. The Kier molecular flexibility index (Phi) is 9.22. The highest BCUT2D eigenvalue weighted by Crippen LogP contribution is 2.35. The molecule has 0 saturated heterocycles. The molecule has 2 aromatic carbocycles. The number of phenols is 1. The summed E-state index contributed by atoms with van der Waals surface area (Å²) in [5, 5.41) is 12.7. The van der Waals surface area contributed by atoms with E-state index in [1.807, 2.05) is 13.0 Å². The number of nitrogens with two attached hydrogens (primary N) is 1. The molecule has 172 valence electrons. The second kappa shape index (κ2) is 11.6. The fourth-order valence-corrected chi connectivity index (χ4v) is 2.94. The fourth-order valence-electron chi connectivity index (χ4n) is 2.46. The van der Waals surface area contributed by atoms with E-state index in [0.717, 1.165) is 6.42 Å². The molecule has 0 bridgehead atoms. The third kappa shape index (κ3) is 8.32. The summed E-state index contributed by atoms with van der Waals surface area (Å²) in [6, 6.07) is 8.44. The van der Waals surface area contributed by atoms with E-state index < -0.39 is 6.36 Å². The van der Waals surface area contributed by atoms with Crippen LogP contribution in [0.2, 0.25) is 10.0 Å². The third-order valence-corrected chi connectivity index (χ3v) is 4.51. The van der Waals surface area contributed by atoms with Crippen molar-refractivity contribution in [1.29, 1.82) is 0 Å². The molecule has 2 rings (SSSR count). The largest absolute Gasteiger partial charge is 0.573 e. The number of amidine groups is 1.